The van der Waals surface area contributed by atoms with Gasteiger partial charge in [-0.3, -0.25) is 0 Å². The van der Waals surface area contributed by atoms with E-state index in [0.29, 0.717) is 11.5 Å². The average molecular weight is 209 g/mol. The van der Waals surface area contributed by atoms with Crippen molar-refractivity contribution in [2.24, 2.45) is 11.7 Å². The second kappa shape index (κ2) is 5.26. The van der Waals surface area contributed by atoms with Crippen LogP contribution in [0.1, 0.15) is 43.9 Å². The van der Waals surface area contributed by atoms with Crippen molar-refractivity contribution in [3.8, 4) is 0 Å². The number of nitrogens with two attached hydrogens (primary N) is 1. The van der Waals surface area contributed by atoms with Crippen LogP contribution in [-0.4, -0.2) is 0 Å². The van der Waals surface area contributed by atoms with Gasteiger partial charge in [0.2, 0.25) is 0 Å². The Balaban J connectivity index is 2.73. The lowest BCUT2D eigenvalue weighted by Crippen LogP contribution is -2.14. The minimum absolute atomic E-state index is 0.0463. The predicted molar refractivity (Wildman–Crippen MR) is 62.1 cm³/mol. The summed E-state index contributed by atoms with van der Waals surface area (Å²) in [5, 5.41) is 0. The smallest absolute Gasteiger partial charge is 0.126 e. The van der Waals surface area contributed by atoms with Crippen LogP contribution in [0.4, 0.5) is 4.39 Å². The first-order valence-electron chi connectivity index (χ1n) is 5.56. The summed E-state index contributed by atoms with van der Waals surface area (Å²) >= 11 is 0. The minimum atomic E-state index is -0.160. The molecule has 0 bridgehead atoms. The minimum Gasteiger partial charge on any atom is -0.324 e. The van der Waals surface area contributed by atoms with Crippen molar-refractivity contribution < 1.29 is 4.39 Å². The Hall–Kier alpha value is -0.890. The largest absolute Gasteiger partial charge is 0.324 e. The van der Waals surface area contributed by atoms with Gasteiger partial charge in [-0.1, -0.05) is 32.4 Å². The quantitative estimate of drug-likeness (QED) is 0.806. The molecule has 2 heteroatoms. The molecule has 0 aliphatic heterocycles. The highest BCUT2D eigenvalue weighted by Gasteiger charge is 2.11. The zero-order valence-electron chi connectivity index (χ0n) is 9.76. The van der Waals surface area contributed by atoms with Crippen molar-refractivity contribution in [3.63, 3.8) is 0 Å². The molecule has 0 aliphatic rings. The molecule has 1 rings (SSSR count). The zero-order valence-corrected chi connectivity index (χ0v) is 9.76. The molecular formula is C13H20FN. The molecule has 1 nitrogen and oxygen atoms in total. The third kappa shape index (κ3) is 3.31. The normalized spacial score (nSPS) is 15.0. The Morgan fingerprint density at radius 2 is 2.07 bits per heavy atom. The Morgan fingerprint density at radius 3 is 2.60 bits per heavy atom. The molecule has 0 heterocycles. The van der Waals surface area contributed by atoms with Gasteiger partial charge in [0.15, 0.2) is 0 Å². The van der Waals surface area contributed by atoms with Crippen molar-refractivity contribution in [3.05, 3.63) is 35.1 Å². The molecule has 0 aliphatic carbocycles. The van der Waals surface area contributed by atoms with Crippen LogP contribution in [0.5, 0.6) is 0 Å². The van der Waals surface area contributed by atoms with Gasteiger partial charge in [0, 0.05) is 6.04 Å². The Labute approximate surface area is 91.5 Å². The van der Waals surface area contributed by atoms with E-state index in [1.165, 1.54) is 0 Å². The molecule has 15 heavy (non-hydrogen) atoms. The van der Waals surface area contributed by atoms with Gasteiger partial charge in [-0.15, -0.1) is 0 Å². The van der Waals surface area contributed by atoms with Crippen LogP contribution >= 0.6 is 0 Å². The molecule has 0 fully saturated rings. The molecule has 2 atom stereocenters. The lowest BCUT2D eigenvalue weighted by molar-refractivity contribution is 0.460. The number of hydrogen-bond donors (Lipinski definition) is 1. The predicted octanol–water partition coefficient (Wildman–Crippen LogP) is 3.57. The highest BCUT2D eigenvalue weighted by atomic mass is 19.1. The lowest BCUT2D eigenvalue weighted by atomic mass is 9.94. The molecule has 1 aromatic rings. The van der Waals surface area contributed by atoms with Crippen molar-refractivity contribution in [2.75, 3.05) is 0 Å². The van der Waals surface area contributed by atoms with E-state index >= 15 is 0 Å². The van der Waals surface area contributed by atoms with E-state index in [4.69, 9.17) is 5.73 Å². The summed E-state index contributed by atoms with van der Waals surface area (Å²) < 4.78 is 13.3. The highest BCUT2D eigenvalue weighted by molar-refractivity contribution is 5.25. The first-order valence-corrected chi connectivity index (χ1v) is 5.56. The molecule has 0 spiro atoms. The third-order valence-electron chi connectivity index (χ3n) is 2.98. The fourth-order valence-corrected chi connectivity index (χ4v) is 1.58. The summed E-state index contributed by atoms with van der Waals surface area (Å²) in [6.45, 7) is 6.08. The van der Waals surface area contributed by atoms with Crippen molar-refractivity contribution >= 4 is 0 Å². The monoisotopic (exact) mass is 209 g/mol. The summed E-state index contributed by atoms with van der Waals surface area (Å²) in [6.07, 6.45) is 2.03. The highest BCUT2D eigenvalue weighted by Crippen LogP contribution is 2.22. The second-order valence-electron chi connectivity index (χ2n) is 4.36. The van der Waals surface area contributed by atoms with E-state index in [-0.39, 0.29) is 11.9 Å². The van der Waals surface area contributed by atoms with Crippen LogP contribution < -0.4 is 5.73 Å². The molecule has 0 radical (unpaired) electrons. The number of halogens is 1. The summed E-state index contributed by atoms with van der Waals surface area (Å²) in [7, 11) is 0. The van der Waals surface area contributed by atoms with Crippen LogP contribution in [0.25, 0.3) is 0 Å². The van der Waals surface area contributed by atoms with Crippen LogP contribution in [0.3, 0.4) is 0 Å². The number of rotatable bonds is 4. The van der Waals surface area contributed by atoms with E-state index in [2.05, 4.69) is 13.8 Å². The maximum atomic E-state index is 13.3. The van der Waals surface area contributed by atoms with Crippen molar-refractivity contribution in [1.29, 1.82) is 0 Å². The maximum Gasteiger partial charge on any atom is 0.126 e. The van der Waals surface area contributed by atoms with Crippen LogP contribution in [0, 0.1) is 18.7 Å². The van der Waals surface area contributed by atoms with E-state index in [1.807, 2.05) is 6.07 Å². The van der Waals surface area contributed by atoms with Crippen molar-refractivity contribution in [1.82, 2.24) is 0 Å². The standard InChI is InChI=1S/C13H20FN/c1-4-9(2)7-13(15)11-6-5-10(3)12(14)8-11/h5-6,8-9,13H,4,7,15H2,1-3H3. The maximum absolute atomic E-state index is 13.3. The Bertz CT molecular complexity index is 322. The van der Waals surface area contributed by atoms with Crippen LogP contribution in [0.2, 0.25) is 0 Å². The first-order chi connectivity index (χ1) is 7.04. The van der Waals surface area contributed by atoms with Gasteiger partial charge in [0.1, 0.15) is 5.82 Å². The fraction of sp³-hybridized carbons (Fsp3) is 0.538. The van der Waals surface area contributed by atoms with Gasteiger partial charge in [-0.2, -0.15) is 0 Å². The van der Waals surface area contributed by atoms with E-state index in [0.717, 1.165) is 18.4 Å². The molecule has 2 N–H and O–H groups in total. The molecule has 1 aromatic carbocycles. The zero-order chi connectivity index (χ0) is 11.4. The van der Waals surface area contributed by atoms with Gasteiger partial charge < -0.3 is 5.73 Å². The molecule has 2 unspecified atom stereocenters. The Morgan fingerprint density at radius 1 is 1.40 bits per heavy atom. The van der Waals surface area contributed by atoms with Crippen LogP contribution in [-0.2, 0) is 0 Å². The number of hydrogen-bond acceptors (Lipinski definition) is 1. The van der Waals surface area contributed by atoms with E-state index in [1.54, 1.807) is 19.1 Å². The first kappa shape index (κ1) is 12.2. The molecule has 0 amide bonds. The molecule has 0 aromatic heterocycles. The van der Waals surface area contributed by atoms with Gasteiger partial charge in [-0.05, 0) is 36.5 Å². The lowest BCUT2D eigenvalue weighted by Gasteiger charge is -2.16. The van der Waals surface area contributed by atoms with E-state index in [9.17, 15) is 4.39 Å². The van der Waals surface area contributed by atoms with Crippen molar-refractivity contribution in [2.45, 2.75) is 39.7 Å². The van der Waals surface area contributed by atoms with Gasteiger partial charge in [0.05, 0.1) is 0 Å². The van der Waals surface area contributed by atoms with E-state index < -0.39 is 0 Å². The van der Waals surface area contributed by atoms with Crippen LogP contribution in [0.15, 0.2) is 18.2 Å². The SMILES string of the molecule is CCC(C)CC(N)c1ccc(C)c(F)c1. The number of aryl methyl sites for hydroxylation is 1. The topological polar surface area (TPSA) is 26.0 Å². The molecule has 0 saturated heterocycles. The number of benzene rings is 1. The summed E-state index contributed by atoms with van der Waals surface area (Å²) in [5.74, 6) is 0.427. The van der Waals surface area contributed by atoms with Gasteiger partial charge in [-0.25, -0.2) is 4.39 Å². The van der Waals surface area contributed by atoms with Gasteiger partial charge in [0.25, 0.3) is 0 Å². The molecule has 84 valence electrons. The fourth-order valence-electron chi connectivity index (χ4n) is 1.58. The van der Waals surface area contributed by atoms with Gasteiger partial charge >= 0.3 is 0 Å². The summed E-state index contributed by atoms with van der Waals surface area (Å²) in [6, 6.07) is 5.23. The Kier molecular flexibility index (Phi) is 4.28. The third-order valence-corrected chi connectivity index (χ3v) is 2.98. The summed E-state index contributed by atoms with van der Waals surface area (Å²) in [5.41, 5.74) is 7.60. The average Bonchev–Trinajstić information content (AvgIpc) is 2.21. The molecular weight excluding hydrogens is 189 g/mol. The molecule has 0 saturated carbocycles. The second-order valence-corrected chi connectivity index (χ2v) is 4.36. The summed E-state index contributed by atoms with van der Waals surface area (Å²) in [4.78, 5) is 0.